The highest BCUT2D eigenvalue weighted by molar-refractivity contribution is 6.09. The molecule has 0 fully saturated rings. The summed E-state index contributed by atoms with van der Waals surface area (Å²) < 4.78 is 5.99. The Morgan fingerprint density at radius 3 is 1.60 bits per heavy atom. The molecule has 4 rings (SSSR count). The molecule has 0 spiro atoms. The van der Waals surface area contributed by atoms with Gasteiger partial charge in [0, 0.05) is 22.3 Å². The predicted molar refractivity (Wildman–Crippen MR) is 165 cm³/mol. The van der Waals surface area contributed by atoms with Gasteiger partial charge in [-0.15, -0.1) is 0 Å². The largest absolute Gasteiger partial charge is 0.457 e. The molecule has 0 saturated heterocycles. The summed E-state index contributed by atoms with van der Waals surface area (Å²) in [6.07, 6.45) is 9.22. The molecule has 0 atom stereocenters. The predicted octanol–water partition coefficient (Wildman–Crippen LogP) is 10.1. The molecule has 3 heteroatoms. The number of rotatable bonds is 11. The number of hydrogen-bond acceptors (Lipinski definition) is 3. The summed E-state index contributed by atoms with van der Waals surface area (Å²) in [5, 5.41) is 0. The van der Waals surface area contributed by atoms with Crippen molar-refractivity contribution in [2.24, 2.45) is 5.41 Å². The Bertz CT molecular complexity index is 1400. The first kappa shape index (κ1) is 29.3. The van der Waals surface area contributed by atoms with E-state index in [0.717, 1.165) is 31.3 Å². The fraction of sp³-hybridized carbons (Fsp3) is 0.351. The van der Waals surface area contributed by atoms with Crippen molar-refractivity contribution >= 4 is 11.6 Å². The number of carbonyl (C=O) groups is 2. The molecule has 1 aliphatic rings. The van der Waals surface area contributed by atoms with Crippen molar-refractivity contribution in [3.05, 3.63) is 118 Å². The summed E-state index contributed by atoms with van der Waals surface area (Å²) >= 11 is 0. The number of carbonyl (C=O) groups excluding carboxylic acids is 2. The molecule has 0 bridgehead atoms. The molecular formula is C37H42O3. The zero-order chi connectivity index (χ0) is 28.9. The first-order valence-corrected chi connectivity index (χ1v) is 14.5. The monoisotopic (exact) mass is 534 g/mol. The van der Waals surface area contributed by atoms with E-state index in [4.69, 9.17) is 4.74 Å². The Morgan fingerprint density at radius 2 is 1.15 bits per heavy atom. The van der Waals surface area contributed by atoms with Gasteiger partial charge in [-0.1, -0.05) is 90.0 Å². The molecule has 0 unspecified atom stereocenters. The van der Waals surface area contributed by atoms with Crippen molar-refractivity contribution in [3.8, 4) is 11.5 Å². The maximum atomic E-state index is 13.1. The Balaban J connectivity index is 1.36. The molecule has 0 radical (unpaired) electrons. The number of allylic oxidation sites excluding steroid dienone is 4. The van der Waals surface area contributed by atoms with Crippen LogP contribution in [-0.4, -0.2) is 11.6 Å². The molecular weight excluding hydrogens is 492 g/mol. The van der Waals surface area contributed by atoms with Gasteiger partial charge in [0.25, 0.3) is 0 Å². The molecule has 0 amide bonds. The molecule has 0 aromatic heterocycles. The number of ether oxygens (including phenoxy) is 1. The molecule has 0 heterocycles. The second-order valence-electron chi connectivity index (χ2n) is 12.1. The summed E-state index contributed by atoms with van der Waals surface area (Å²) in [6, 6.07) is 22.4. The van der Waals surface area contributed by atoms with Gasteiger partial charge in [-0.2, -0.15) is 0 Å². The third-order valence-electron chi connectivity index (χ3n) is 8.45. The fourth-order valence-electron chi connectivity index (χ4n) is 5.27. The van der Waals surface area contributed by atoms with Crippen molar-refractivity contribution in [2.45, 2.75) is 79.1 Å². The van der Waals surface area contributed by atoms with Crippen LogP contribution >= 0.6 is 0 Å². The average molecular weight is 535 g/mol. The average Bonchev–Trinajstić information content (AvgIpc) is 2.97. The number of hydrogen-bond donors (Lipinski definition) is 0. The van der Waals surface area contributed by atoms with E-state index in [9.17, 15) is 9.59 Å². The first-order chi connectivity index (χ1) is 19.0. The highest BCUT2D eigenvalue weighted by Gasteiger charge is 2.24. The molecule has 3 aromatic rings. The van der Waals surface area contributed by atoms with Crippen LogP contribution in [0.25, 0.3) is 0 Å². The van der Waals surface area contributed by atoms with Crippen LogP contribution in [0.15, 0.2) is 96.1 Å². The van der Waals surface area contributed by atoms with Gasteiger partial charge in [0.05, 0.1) is 0 Å². The first-order valence-electron chi connectivity index (χ1n) is 14.5. The Morgan fingerprint density at radius 1 is 0.650 bits per heavy atom. The Labute approximate surface area is 240 Å². The maximum absolute atomic E-state index is 13.1. The van der Waals surface area contributed by atoms with Crippen LogP contribution in [0, 0.1) is 5.41 Å². The quantitative estimate of drug-likeness (QED) is 0.182. The van der Waals surface area contributed by atoms with Gasteiger partial charge >= 0.3 is 0 Å². The van der Waals surface area contributed by atoms with Crippen LogP contribution in [0.3, 0.4) is 0 Å². The van der Waals surface area contributed by atoms with E-state index in [-0.39, 0.29) is 22.4 Å². The molecule has 3 aromatic carbocycles. The molecule has 208 valence electrons. The summed E-state index contributed by atoms with van der Waals surface area (Å²) in [5.74, 6) is 1.34. The highest BCUT2D eigenvalue weighted by atomic mass is 16.5. The molecule has 40 heavy (non-hydrogen) atoms. The minimum atomic E-state index is -0.0109. The van der Waals surface area contributed by atoms with Crippen molar-refractivity contribution < 1.29 is 14.3 Å². The lowest BCUT2D eigenvalue weighted by molar-refractivity contribution is 0.102. The number of ketones is 2. The van der Waals surface area contributed by atoms with E-state index in [2.05, 4.69) is 65.8 Å². The van der Waals surface area contributed by atoms with Crippen molar-refractivity contribution in [2.75, 3.05) is 0 Å². The van der Waals surface area contributed by atoms with Crippen molar-refractivity contribution in [1.82, 2.24) is 0 Å². The molecule has 1 aliphatic carbocycles. The fourth-order valence-corrected chi connectivity index (χ4v) is 5.27. The second-order valence-corrected chi connectivity index (χ2v) is 12.1. The lowest BCUT2D eigenvalue weighted by Crippen LogP contribution is -2.17. The lowest BCUT2D eigenvalue weighted by Gasteiger charge is -2.29. The molecule has 0 N–H and O–H groups in total. The molecule has 0 saturated carbocycles. The number of Topliss-reactive ketones (excluding diaryl/α,β-unsaturated/α-hetero) is 1. The third kappa shape index (κ3) is 6.70. The van der Waals surface area contributed by atoms with Gasteiger partial charge < -0.3 is 4.74 Å². The standard InChI is InChI=1S/C37H42O3/c1-7-25-37(5,6)31-19-11-27(12-20-31)35(39)29-15-23-33(24-16-29)40-32-21-13-28(14-22-32)34(38)26-9-17-30(18-10-26)36(3,4)8-2/h9-11,13-18,20-24H,7-8,12,19,25H2,1-6H3. The van der Waals surface area contributed by atoms with Crippen LogP contribution in [0.2, 0.25) is 0 Å². The van der Waals surface area contributed by atoms with Crippen LogP contribution in [-0.2, 0) is 5.41 Å². The Hall–Kier alpha value is -3.72. The van der Waals surface area contributed by atoms with Gasteiger partial charge in [-0.05, 0) is 90.6 Å². The minimum Gasteiger partial charge on any atom is -0.457 e. The molecule has 3 nitrogen and oxygen atoms in total. The smallest absolute Gasteiger partial charge is 0.193 e. The summed E-state index contributed by atoms with van der Waals surface area (Å²) in [4.78, 5) is 26.1. The van der Waals surface area contributed by atoms with Gasteiger partial charge in [0.15, 0.2) is 11.6 Å². The summed E-state index contributed by atoms with van der Waals surface area (Å²) in [6.45, 7) is 13.4. The van der Waals surface area contributed by atoms with E-state index < -0.39 is 0 Å². The van der Waals surface area contributed by atoms with Gasteiger partial charge in [-0.25, -0.2) is 0 Å². The maximum Gasteiger partial charge on any atom is 0.193 e. The van der Waals surface area contributed by atoms with Crippen LogP contribution in [0.4, 0.5) is 0 Å². The van der Waals surface area contributed by atoms with Gasteiger partial charge in [0.1, 0.15) is 11.5 Å². The summed E-state index contributed by atoms with van der Waals surface area (Å²) in [5.41, 5.74) is 5.74. The van der Waals surface area contributed by atoms with Gasteiger partial charge in [-0.3, -0.25) is 9.59 Å². The normalized spacial score (nSPS) is 13.8. The Kier molecular flexibility index (Phi) is 8.93. The van der Waals surface area contributed by atoms with Crippen molar-refractivity contribution in [3.63, 3.8) is 0 Å². The minimum absolute atomic E-state index is 0.0109. The SMILES string of the molecule is CCCC(C)(C)C1=CCC(C(=O)c2ccc(Oc3ccc(C(=O)c4ccc(C(C)(C)CC)cc4)cc3)cc2)=CC1. The number of benzene rings is 3. The van der Waals surface area contributed by atoms with Gasteiger partial charge in [0.2, 0.25) is 0 Å². The van der Waals surface area contributed by atoms with Crippen molar-refractivity contribution in [1.29, 1.82) is 0 Å². The molecule has 0 aliphatic heterocycles. The van der Waals surface area contributed by atoms with E-state index in [1.807, 2.05) is 36.4 Å². The zero-order valence-corrected chi connectivity index (χ0v) is 24.8. The van der Waals surface area contributed by atoms with E-state index >= 15 is 0 Å². The van der Waals surface area contributed by atoms with E-state index in [0.29, 0.717) is 34.6 Å². The summed E-state index contributed by atoms with van der Waals surface area (Å²) in [7, 11) is 0. The van der Waals surface area contributed by atoms with E-state index in [1.54, 1.807) is 24.3 Å². The van der Waals surface area contributed by atoms with Crippen LogP contribution < -0.4 is 4.74 Å². The third-order valence-corrected chi connectivity index (χ3v) is 8.45. The van der Waals surface area contributed by atoms with E-state index in [1.165, 1.54) is 11.1 Å². The topological polar surface area (TPSA) is 43.4 Å². The van der Waals surface area contributed by atoms with Crippen LogP contribution in [0.1, 0.15) is 105 Å². The highest BCUT2D eigenvalue weighted by Crippen LogP contribution is 2.37. The zero-order valence-electron chi connectivity index (χ0n) is 24.8. The second kappa shape index (κ2) is 12.2. The lowest BCUT2D eigenvalue weighted by atomic mass is 9.76. The van der Waals surface area contributed by atoms with Crippen LogP contribution in [0.5, 0.6) is 11.5 Å².